The van der Waals surface area contributed by atoms with Crippen molar-refractivity contribution in [1.82, 2.24) is 4.98 Å². The van der Waals surface area contributed by atoms with Crippen molar-refractivity contribution in [2.24, 2.45) is 0 Å². The van der Waals surface area contributed by atoms with Gasteiger partial charge in [0.05, 0.1) is 19.3 Å². The monoisotopic (exact) mass is 286 g/mol. The number of pyridine rings is 1. The van der Waals surface area contributed by atoms with E-state index in [2.05, 4.69) is 10.3 Å². The van der Waals surface area contributed by atoms with Gasteiger partial charge in [-0.1, -0.05) is 25.3 Å². The summed E-state index contributed by atoms with van der Waals surface area (Å²) in [6.07, 6.45) is 6.83. The highest BCUT2D eigenvalue weighted by molar-refractivity contribution is 5.92. The molecule has 2 N–H and O–H groups in total. The summed E-state index contributed by atoms with van der Waals surface area (Å²) in [6, 6.07) is 8.05. The van der Waals surface area contributed by atoms with Gasteiger partial charge in [-0.05, 0) is 36.4 Å². The first-order chi connectivity index (χ1) is 10.3. The third kappa shape index (κ3) is 3.10. The number of methoxy groups -OCH3 is 1. The predicted molar refractivity (Wildman–Crippen MR) is 84.8 cm³/mol. The van der Waals surface area contributed by atoms with Gasteiger partial charge in [0.15, 0.2) is 0 Å². The van der Waals surface area contributed by atoms with Gasteiger partial charge in [0, 0.05) is 11.6 Å². The average Bonchev–Trinajstić information content (AvgIpc) is 2.72. The number of fused-ring (bicyclic) bond motifs is 1. The highest BCUT2D eigenvalue weighted by atomic mass is 16.5. The van der Waals surface area contributed by atoms with Crippen LogP contribution in [0.4, 0.5) is 5.82 Å². The van der Waals surface area contributed by atoms with Crippen LogP contribution in [-0.4, -0.2) is 29.3 Å². The van der Waals surface area contributed by atoms with Gasteiger partial charge in [-0.3, -0.25) is 0 Å². The van der Waals surface area contributed by atoms with Gasteiger partial charge in [-0.2, -0.15) is 0 Å². The molecule has 0 spiro atoms. The largest absolute Gasteiger partial charge is 0.497 e. The fourth-order valence-corrected chi connectivity index (χ4v) is 3.02. The van der Waals surface area contributed by atoms with Gasteiger partial charge < -0.3 is 15.2 Å². The Balaban J connectivity index is 1.92. The summed E-state index contributed by atoms with van der Waals surface area (Å²) in [7, 11) is 1.67. The van der Waals surface area contributed by atoms with Crippen molar-refractivity contribution < 1.29 is 9.84 Å². The zero-order valence-electron chi connectivity index (χ0n) is 12.4. The SMILES string of the molecule is COc1ccc2ccnc(NC3CCCCCC3O)c2c1. The molecule has 4 nitrogen and oxygen atoms in total. The van der Waals surface area contributed by atoms with Crippen LogP contribution in [0.3, 0.4) is 0 Å². The lowest BCUT2D eigenvalue weighted by Crippen LogP contribution is -2.32. The fraction of sp³-hybridized carbons (Fsp3) is 0.471. The summed E-state index contributed by atoms with van der Waals surface area (Å²) >= 11 is 0. The lowest BCUT2D eigenvalue weighted by molar-refractivity contribution is 0.144. The number of benzene rings is 1. The Morgan fingerprint density at radius 1 is 1.19 bits per heavy atom. The van der Waals surface area contributed by atoms with Crippen molar-refractivity contribution in [1.29, 1.82) is 0 Å². The number of nitrogens with one attached hydrogen (secondary N) is 1. The molecule has 112 valence electrons. The number of hydrogen-bond acceptors (Lipinski definition) is 4. The molecule has 4 heteroatoms. The van der Waals surface area contributed by atoms with Crippen LogP contribution in [0.15, 0.2) is 30.5 Å². The Morgan fingerprint density at radius 3 is 2.90 bits per heavy atom. The van der Waals surface area contributed by atoms with E-state index in [0.29, 0.717) is 0 Å². The zero-order chi connectivity index (χ0) is 14.7. The Kier molecular flexibility index (Phi) is 4.25. The minimum atomic E-state index is -0.296. The maximum atomic E-state index is 10.3. The fourth-order valence-electron chi connectivity index (χ4n) is 3.02. The standard InChI is InChI=1S/C17H22N2O2/c1-21-13-8-7-12-9-10-18-17(14(12)11-13)19-15-5-3-2-4-6-16(15)20/h7-11,15-16,20H,2-6H2,1H3,(H,18,19). The molecule has 0 bridgehead atoms. The normalized spacial score (nSPS) is 22.8. The van der Waals surface area contributed by atoms with Crippen molar-refractivity contribution >= 4 is 16.6 Å². The van der Waals surface area contributed by atoms with Crippen LogP contribution < -0.4 is 10.1 Å². The van der Waals surface area contributed by atoms with Crippen molar-refractivity contribution in [2.75, 3.05) is 12.4 Å². The van der Waals surface area contributed by atoms with Gasteiger partial charge in [-0.25, -0.2) is 4.98 Å². The highest BCUT2D eigenvalue weighted by Crippen LogP contribution is 2.28. The number of aliphatic hydroxyl groups is 1. The minimum Gasteiger partial charge on any atom is -0.497 e. The van der Waals surface area contributed by atoms with E-state index in [0.717, 1.165) is 48.0 Å². The summed E-state index contributed by atoms with van der Waals surface area (Å²) in [4.78, 5) is 4.46. The molecule has 1 aromatic carbocycles. The second-order valence-corrected chi connectivity index (χ2v) is 5.70. The van der Waals surface area contributed by atoms with E-state index >= 15 is 0 Å². The molecular weight excluding hydrogens is 264 g/mol. The quantitative estimate of drug-likeness (QED) is 0.850. The van der Waals surface area contributed by atoms with Gasteiger partial charge in [0.25, 0.3) is 0 Å². The second kappa shape index (κ2) is 6.31. The minimum absolute atomic E-state index is 0.0804. The van der Waals surface area contributed by atoms with Crippen LogP contribution in [0, 0.1) is 0 Å². The van der Waals surface area contributed by atoms with Gasteiger partial charge in [0.1, 0.15) is 11.6 Å². The van der Waals surface area contributed by atoms with E-state index in [4.69, 9.17) is 4.74 Å². The summed E-state index contributed by atoms with van der Waals surface area (Å²) in [5.41, 5.74) is 0. The molecule has 1 aliphatic carbocycles. The van der Waals surface area contributed by atoms with Crippen molar-refractivity contribution in [3.8, 4) is 5.75 Å². The molecule has 2 aromatic rings. The van der Waals surface area contributed by atoms with Crippen LogP contribution in [0.1, 0.15) is 32.1 Å². The maximum absolute atomic E-state index is 10.3. The molecule has 1 aliphatic rings. The lowest BCUT2D eigenvalue weighted by atomic mass is 10.1. The van der Waals surface area contributed by atoms with E-state index < -0.39 is 0 Å². The van der Waals surface area contributed by atoms with Crippen LogP contribution in [0.2, 0.25) is 0 Å². The number of ether oxygens (including phenoxy) is 1. The van der Waals surface area contributed by atoms with Gasteiger partial charge in [0.2, 0.25) is 0 Å². The number of aliphatic hydroxyl groups excluding tert-OH is 1. The smallest absolute Gasteiger partial charge is 0.134 e. The van der Waals surface area contributed by atoms with Crippen molar-refractivity contribution in [3.05, 3.63) is 30.5 Å². The van der Waals surface area contributed by atoms with Crippen LogP contribution in [0.5, 0.6) is 5.75 Å². The number of hydrogen-bond donors (Lipinski definition) is 2. The average molecular weight is 286 g/mol. The molecule has 0 aliphatic heterocycles. The van der Waals surface area contributed by atoms with Gasteiger partial charge >= 0.3 is 0 Å². The van der Waals surface area contributed by atoms with Crippen LogP contribution in [-0.2, 0) is 0 Å². The Morgan fingerprint density at radius 2 is 2.05 bits per heavy atom. The Hall–Kier alpha value is -1.81. The number of aromatic nitrogens is 1. The lowest BCUT2D eigenvalue weighted by Gasteiger charge is -2.23. The third-order valence-corrected chi connectivity index (χ3v) is 4.27. The van der Waals surface area contributed by atoms with E-state index in [9.17, 15) is 5.11 Å². The number of rotatable bonds is 3. The molecule has 1 fully saturated rings. The topological polar surface area (TPSA) is 54.4 Å². The maximum Gasteiger partial charge on any atom is 0.134 e. The van der Waals surface area contributed by atoms with Crippen LogP contribution in [0.25, 0.3) is 10.8 Å². The van der Waals surface area contributed by atoms with E-state index in [1.807, 2.05) is 24.3 Å². The van der Waals surface area contributed by atoms with Crippen molar-refractivity contribution in [3.63, 3.8) is 0 Å². The Labute approximate surface area is 125 Å². The van der Waals surface area contributed by atoms with Gasteiger partial charge in [-0.15, -0.1) is 0 Å². The molecule has 1 saturated carbocycles. The molecule has 3 rings (SSSR count). The number of nitrogens with zero attached hydrogens (tertiary/aromatic N) is 1. The highest BCUT2D eigenvalue weighted by Gasteiger charge is 2.22. The summed E-state index contributed by atoms with van der Waals surface area (Å²) in [5.74, 6) is 1.65. The molecule has 2 unspecified atom stereocenters. The molecule has 2 atom stereocenters. The molecule has 1 heterocycles. The molecular formula is C17H22N2O2. The molecule has 0 amide bonds. The van der Waals surface area contributed by atoms with E-state index in [1.165, 1.54) is 6.42 Å². The summed E-state index contributed by atoms with van der Waals surface area (Å²) in [6.45, 7) is 0. The van der Waals surface area contributed by atoms with Crippen LogP contribution >= 0.6 is 0 Å². The van der Waals surface area contributed by atoms with E-state index in [-0.39, 0.29) is 12.1 Å². The molecule has 0 saturated heterocycles. The van der Waals surface area contributed by atoms with E-state index in [1.54, 1.807) is 13.3 Å². The Bertz CT molecular complexity index is 615. The second-order valence-electron chi connectivity index (χ2n) is 5.70. The third-order valence-electron chi connectivity index (χ3n) is 4.27. The first-order valence-corrected chi connectivity index (χ1v) is 7.65. The molecule has 21 heavy (non-hydrogen) atoms. The zero-order valence-corrected chi connectivity index (χ0v) is 12.4. The van der Waals surface area contributed by atoms with Crippen molar-refractivity contribution in [2.45, 2.75) is 44.2 Å². The first-order valence-electron chi connectivity index (χ1n) is 7.65. The predicted octanol–water partition coefficient (Wildman–Crippen LogP) is 3.35. The summed E-state index contributed by atoms with van der Waals surface area (Å²) < 4.78 is 5.30. The molecule has 0 radical (unpaired) electrons. The molecule has 1 aromatic heterocycles. The number of anilines is 1. The summed E-state index contributed by atoms with van der Waals surface area (Å²) in [5, 5.41) is 15.9. The first kappa shape index (κ1) is 14.1.